The van der Waals surface area contributed by atoms with Gasteiger partial charge >= 0.3 is 0 Å². The number of nitrogens with zero attached hydrogens (tertiary/aromatic N) is 5. The molecule has 26 heavy (non-hydrogen) atoms. The van der Waals surface area contributed by atoms with E-state index in [1.807, 2.05) is 41.1 Å². The molecule has 0 bridgehead atoms. The number of halogens is 1. The fraction of sp³-hybridized carbons (Fsp3) is 0.368. The molecule has 1 atom stereocenters. The fourth-order valence-electron chi connectivity index (χ4n) is 3.02. The van der Waals surface area contributed by atoms with Crippen molar-refractivity contribution >= 4 is 11.6 Å². The van der Waals surface area contributed by atoms with Crippen LogP contribution in [-0.2, 0) is 23.9 Å². The van der Waals surface area contributed by atoms with Crippen LogP contribution in [0, 0.1) is 0 Å². The van der Waals surface area contributed by atoms with Crippen molar-refractivity contribution in [2.24, 2.45) is 5.73 Å². The Morgan fingerprint density at radius 3 is 2.50 bits per heavy atom. The first-order valence-electron chi connectivity index (χ1n) is 8.50. The highest BCUT2D eigenvalue weighted by Gasteiger charge is 2.33. The van der Waals surface area contributed by atoms with Crippen molar-refractivity contribution in [3.8, 4) is 0 Å². The second-order valence-corrected chi connectivity index (χ2v) is 7.93. The van der Waals surface area contributed by atoms with Gasteiger partial charge in [0.05, 0.1) is 11.1 Å². The van der Waals surface area contributed by atoms with Gasteiger partial charge in [-0.15, -0.1) is 5.10 Å². The zero-order valence-electron chi connectivity index (χ0n) is 15.2. The molecule has 3 aromatic rings. The van der Waals surface area contributed by atoms with Crippen LogP contribution in [0.4, 0.5) is 0 Å². The summed E-state index contributed by atoms with van der Waals surface area (Å²) in [6.45, 7) is 6.18. The largest absolute Gasteiger partial charge is 0.321 e. The number of aromatic nitrogens is 5. The Balaban J connectivity index is 2.02. The Morgan fingerprint density at radius 2 is 1.85 bits per heavy atom. The van der Waals surface area contributed by atoms with Gasteiger partial charge in [-0.3, -0.25) is 4.98 Å². The first-order chi connectivity index (χ1) is 12.3. The third-order valence-electron chi connectivity index (χ3n) is 4.34. The molecule has 0 saturated carbocycles. The van der Waals surface area contributed by atoms with Crippen LogP contribution in [0.3, 0.4) is 0 Å². The summed E-state index contributed by atoms with van der Waals surface area (Å²) in [5.41, 5.74) is 7.84. The number of benzene rings is 1. The van der Waals surface area contributed by atoms with E-state index in [1.54, 1.807) is 12.4 Å². The highest BCUT2D eigenvalue weighted by molar-refractivity contribution is 6.31. The summed E-state index contributed by atoms with van der Waals surface area (Å²) in [5.74, 6) is 0.732. The average molecular weight is 371 g/mol. The summed E-state index contributed by atoms with van der Waals surface area (Å²) in [5, 5.41) is 12.9. The predicted octanol–water partition coefficient (Wildman–Crippen LogP) is 3.12. The second kappa shape index (κ2) is 7.13. The molecule has 0 aliphatic rings. The maximum atomic E-state index is 6.92. The summed E-state index contributed by atoms with van der Waals surface area (Å²) in [7, 11) is 0. The SMILES string of the molecule is CC(C)(C)n1nnnc1CC(N)(Cc1ccccc1Cl)c1cccnc1. The standard InChI is InChI=1S/C19H23ClN6/c1-18(2,3)26-17(23-24-25-26)12-19(21,15-8-6-10-22-13-15)11-14-7-4-5-9-16(14)20/h4-10,13H,11-12,21H2,1-3H3. The third kappa shape index (κ3) is 3.92. The van der Waals surface area contributed by atoms with Crippen LogP contribution in [0.15, 0.2) is 48.8 Å². The number of hydrogen-bond acceptors (Lipinski definition) is 5. The normalized spacial score (nSPS) is 14.2. The van der Waals surface area contributed by atoms with Gasteiger partial charge in [0.25, 0.3) is 0 Å². The third-order valence-corrected chi connectivity index (χ3v) is 4.71. The first kappa shape index (κ1) is 18.5. The number of rotatable bonds is 5. The molecule has 2 N–H and O–H groups in total. The monoisotopic (exact) mass is 370 g/mol. The minimum absolute atomic E-state index is 0.237. The summed E-state index contributed by atoms with van der Waals surface area (Å²) in [6, 6.07) is 11.6. The number of pyridine rings is 1. The van der Waals surface area contributed by atoms with E-state index in [4.69, 9.17) is 17.3 Å². The van der Waals surface area contributed by atoms with E-state index < -0.39 is 5.54 Å². The maximum Gasteiger partial charge on any atom is 0.154 e. The Labute approximate surface area is 158 Å². The van der Waals surface area contributed by atoms with E-state index >= 15 is 0 Å². The van der Waals surface area contributed by atoms with Crippen LogP contribution in [0.5, 0.6) is 0 Å². The molecule has 7 heteroatoms. The Kier molecular flexibility index (Phi) is 5.07. The molecule has 0 spiro atoms. The van der Waals surface area contributed by atoms with Crippen LogP contribution < -0.4 is 5.73 Å². The molecular formula is C19H23ClN6. The lowest BCUT2D eigenvalue weighted by molar-refractivity contribution is 0.318. The highest BCUT2D eigenvalue weighted by Crippen LogP contribution is 2.30. The molecule has 1 unspecified atom stereocenters. The van der Waals surface area contributed by atoms with Crippen molar-refractivity contribution in [1.29, 1.82) is 0 Å². The van der Waals surface area contributed by atoms with Gasteiger partial charge in [0.15, 0.2) is 5.82 Å². The molecule has 0 radical (unpaired) electrons. The Morgan fingerprint density at radius 1 is 1.08 bits per heavy atom. The van der Waals surface area contributed by atoms with Crippen LogP contribution in [-0.4, -0.2) is 25.2 Å². The van der Waals surface area contributed by atoms with Gasteiger partial charge in [-0.25, -0.2) is 4.68 Å². The molecule has 0 amide bonds. The minimum Gasteiger partial charge on any atom is -0.321 e. The van der Waals surface area contributed by atoms with E-state index in [0.717, 1.165) is 17.0 Å². The zero-order chi connectivity index (χ0) is 18.8. The molecule has 0 saturated heterocycles. The summed E-state index contributed by atoms with van der Waals surface area (Å²) in [6.07, 6.45) is 4.55. The number of hydrogen-bond donors (Lipinski definition) is 1. The van der Waals surface area contributed by atoms with Gasteiger partial charge in [0, 0.05) is 23.8 Å². The predicted molar refractivity (Wildman–Crippen MR) is 102 cm³/mol. The molecular weight excluding hydrogens is 348 g/mol. The van der Waals surface area contributed by atoms with Crippen LogP contribution in [0.2, 0.25) is 5.02 Å². The van der Waals surface area contributed by atoms with E-state index in [0.29, 0.717) is 17.9 Å². The van der Waals surface area contributed by atoms with Gasteiger partial charge in [-0.2, -0.15) is 0 Å². The quantitative estimate of drug-likeness (QED) is 0.746. The number of nitrogens with two attached hydrogens (primary N) is 1. The Hall–Kier alpha value is -2.31. The van der Waals surface area contributed by atoms with Crippen LogP contribution >= 0.6 is 11.6 Å². The van der Waals surface area contributed by atoms with Gasteiger partial charge < -0.3 is 5.73 Å². The minimum atomic E-state index is -0.739. The Bertz CT molecular complexity index is 871. The second-order valence-electron chi connectivity index (χ2n) is 7.52. The van der Waals surface area contributed by atoms with Crippen molar-refractivity contribution in [3.05, 3.63) is 70.8 Å². The average Bonchev–Trinajstić information content (AvgIpc) is 3.06. The molecule has 2 aromatic heterocycles. The molecule has 2 heterocycles. The smallest absolute Gasteiger partial charge is 0.154 e. The molecule has 1 aromatic carbocycles. The summed E-state index contributed by atoms with van der Waals surface area (Å²) >= 11 is 6.39. The lowest BCUT2D eigenvalue weighted by Gasteiger charge is -2.31. The van der Waals surface area contributed by atoms with Gasteiger partial charge in [-0.05, 0) is 60.9 Å². The molecule has 136 valence electrons. The summed E-state index contributed by atoms with van der Waals surface area (Å²) in [4.78, 5) is 4.24. The van der Waals surface area contributed by atoms with Crippen molar-refractivity contribution in [1.82, 2.24) is 25.2 Å². The van der Waals surface area contributed by atoms with Crippen molar-refractivity contribution in [3.63, 3.8) is 0 Å². The molecule has 0 fully saturated rings. The maximum absolute atomic E-state index is 6.92. The highest BCUT2D eigenvalue weighted by atomic mass is 35.5. The molecule has 3 rings (SSSR count). The molecule has 0 aliphatic carbocycles. The molecule has 0 aliphatic heterocycles. The van der Waals surface area contributed by atoms with Gasteiger partial charge in [0.2, 0.25) is 0 Å². The van der Waals surface area contributed by atoms with E-state index in [-0.39, 0.29) is 5.54 Å². The topological polar surface area (TPSA) is 82.5 Å². The van der Waals surface area contributed by atoms with Crippen LogP contribution in [0.25, 0.3) is 0 Å². The molecule has 6 nitrogen and oxygen atoms in total. The van der Waals surface area contributed by atoms with E-state index in [9.17, 15) is 0 Å². The van der Waals surface area contributed by atoms with Crippen molar-refractivity contribution in [2.75, 3.05) is 0 Å². The van der Waals surface area contributed by atoms with Crippen LogP contribution in [0.1, 0.15) is 37.7 Å². The van der Waals surface area contributed by atoms with Gasteiger partial charge in [0.1, 0.15) is 0 Å². The zero-order valence-corrected chi connectivity index (χ0v) is 16.0. The fourth-order valence-corrected chi connectivity index (χ4v) is 3.23. The summed E-state index contributed by atoms with van der Waals surface area (Å²) < 4.78 is 1.82. The van der Waals surface area contributed by atoms with E-state index in [2.05, 4.69) is 41.3 Å². The lowest BCUT2D eigenvalue weighted by atomic mass is 9.82. The van der Waals surface area contributed by atoms with Gasteiger partial charge in [-0.1, -0.05) is 35.9 Å². The number of tetrazole rings is 1. The van der Waals surface area contributed by atoms with Crippen molar-refractivity contribution in [2.45, 2.75) is 44.7 Å². The van der Waals surface area contributed by atoms with Crippen molar-refractivity contribution < 1.29 is 0 Å². The first-order valence-corrected chi connectivity index (χ1v) is 8.88. The lowest BCUT2D eigenvalue weighted by Crippen LogP contribution is -2.43. The van der Waals surface area contributed by atoms with E-state index in [1.165, 1.54) is 0 Å².